The second-order valence-corrected chi connectivity index (χ2v) is 7.79. The first kappa shape index (κ1) is 17.8. The van der Waals surface area contributed by atoms with Gasteiger partial charge in [-0.3, -0.25) is 9.78 Å². The Balaban J connectivity index is 1.65. The lowest BCUT2D eigenvalue weighted by molar-refractivity contribution is -0.134. The zero-order chi connectivity index (χ0) is 19.0. The number of aromatic amines is 1. The van der Waals surface area contributed by atoms with Crippen LogP contribution in [0.3, 0.4) is 0 Å². The van der Waals surface area contributed by atoms with Gasteiger partial charge in [-0.15, -0.1) is 0 Å². The van der Waals surface area contributed by atoms with Crippen LogP contribution in [0, 0.1) is 20.8 Å². The van der Waals surface area contributed by atoms with Gasteiger partial charge in [-0.1, -0.05) is 17.7 Å². The molecule has 1 amide bonds. The van der Waals surface area contributed by atoms with Crippen LogP contribution in [0.4, 0.5) is 0 Å². The average molecular weight is 361 g/mol. The van der Waals surface area contributed by atoms with Crippen LogP contribution in [0.25, 0.3) is 10.9 Å². The van der Waals surface area contributed by atoms with Gasteiger partial charge in [0.2, 0.25) is 5.91 Å². The van der Waals surface area contributed by atoms with E-state index in [9.17, 15) is 4.79 Å². The van der Waals surface area contributed by atoms with Gasteiger partial charge in [0, 0.05) is 35.5 Å². The molecule has 27 heavy (non-hydrogen) atoms. The molecule has 2 aromatic heterocycles. The van der Waals surface area contributed by atoms with Crippen molar-refractivity contribution in [3.8, 4) is 0 Å². The van der Waals surface area contributed by atoms with Crippen molar-refractivity contribution in [2.24, 2.45) is 0 Å². The predicted octanol–water partition coefficient (Wildman–Crippen LogP) is 4.78. The number of carbonyl (C=O) groups excluding carboxylic acids is 1. The number of amides is 1. The quantitative estimate of drug-likeness (QED) is 0.729. The van der Waals surface area contributed by atoms with Gasteiger partial charge < -0.3 is 9.88 Å². The SMILES string of the molecule is Cc1cc(C)c2[nH]c(C)c(CC(=O)N3CCCC[C@H]3c3cccnc3)c2c1. The van der Waals surface area contributed by atoms with Crippen molar-refractivity contribution in [1.82, 2.24) is 14.9 Å². The molecule has 1 saturated heterocycles. The Kier molecular flexibility index (Phi) is 4.73. The van der Waals surface area contributed by atoms with E-state index in [4.69, 9.17) is 0 Å². The lowest BCUT2D eigenvalue weighted by atomic mass is 9.95. The number of benzene rings is 1. The summed E-state index contributed by atoms with van der Waals surface area (Å²) in [6.45, 7) is 7.15. The fourth-order valence-electron chi connectivity index (χ4n) is 4.47. The summed E-state index contributed by atoms with van der Waals surface area (Å²) in [6.07, 6.45) is 7.40. The fourth-order valence-corrected chi connectivity index (χ4v) is 4.47. The van der Waals surface area contributed by atoms with Gasteiger partial charge in [0.1, 0.15) is 0 Å². The number of H-pyrrole nitrogens is 1. The Morgan fingerprint density at radius 3 is 2.89 bits per heavy atom. The van der Waals surface area contributed by atoms with Crippen LogP contribution in [-0.2, 0) is 11.2 Å². The second kappa shape index (κ2) is 7.18. The van der Waals surface area contributed by atoms with Crippen molar-refractivity contribution in [3.63, 3.8) is 0 Å². The number of nitrogens with one attached hydrogen (secondary N) is 1. The molecule has 3 aromatic rings. The topological polar surface area (TPSA) is 49.0 Å². The molecule has 1 atom stereocenters. The number of hydrogen-bond acceptors (Lipinski definition) is 2. The molecule has 0 bridgehead atoms. The molecule has 0 radical (unpaired) electrons. The summed E-state index contributed by atoms with van der Waals surface area (Å²) in [5.74, 6) is 0.215. The Morgan fingerprint density at radius 2 is 2.11 bits per heavy atom. The molecule has 1 fully saturated rings. The van der Waals surface area contributed by atoms with Crippen LogP contribution < -0.4 is 0 Å². The third kappa shape index (κ3) is 3.36. The van der Waals surface area contributed by atoms with E-state index < -0.39 is 0 Å². The van der Waals surface area contributed by atoms with Crippen LogP contribution in [0.1, 0.15) is 53.3 Å². The van der Waals surface area contributed by atoms with Crippen LogP contribution in [0.15, 0.2) is 36.7 Å². The van der Waals surface area contributed by atoms with Gasteiger partial charge in [-0.25, -0.2) is 0 Å². The Morgan fingerprint density at radius 1 is 1.26 bits per heavy atom. The van der Waals surface area contributed by atoms with Crippen molar-refractivity contribution in [2.45, 2.75) is 52.5 Å². The Bertz CT molecular complexity index is 974. The number of piperidine rings is 1. The molecule has 3 heterocycles. The van der Waals surface area contributed by atoms with Crippen LogP contribution in [0.2, 0.25) is 0 Å². The number of aromatic nitrogens is 2. The number of likely N-dealkylation sites (tertiary alicyclic amines) is 1. The zero-order valence-electron chi connectivity index (χ0n) is 16.4. The fraction of sp³-hybridized carbons (Fsp3) is 0.391. The monoisotopic (exact) mass is 361 g/mol. The van der Waals surface area contributed by atoms with Gasteiger partial charge >= 0.3 is 0 Å². The Labute approximate surface area is 160 Å². The molecule has 1 aromatic carbocycles. The van der Waals surface area contributed by atoms with E-state index in [1.807, 2.05) is 12.3 Å². The van der Waals surface area contributed by atoms with Crippen molar-refractivity contribution in [3.05, 3.63) is 64.6 Å². The molecule has 0 saturated carbocycles. The average Bonchev–Trinajstić information content (AvgIpc) is 2.98. The zero-order valence-corrected chi connectivity index (χ0v) is 16.4. The molecular formula is C23H27N3O. The highest BCUT2D eigenvalue weighted by Gasteiger charge is 2.29. The van der Waals surface area contributed by atoms with Gasteiger partial charge in [0.15, 0.2) is 0 Å². The number of pyridine rings is 1. The highest BCUT2D eigenvalue weighted by molar-refractivity contribution is 5.92. The first-order valence-electron chi connectivity index (χ1n) is 9.82. The highest BCUT2D eigenvalue weighted by atomic mass is 16.2. The first-order chi connectivity index (χ1) is 13.0. The van der Waals surface area contributed by atoms with Gasteiger partial charge in [-0.05, 0) is 68.9 Å². The number of nitrogens with zero attached hydrogens (tertiary/aromatic N) is 2. The van der Waals surface area contributed by atoms with E-state index in [2.05, 4.69) is 53.8 Å². The number of hydrogen-bond donors (Lipinski definition) is 1. The van der Waals surface area contributed by atoms with Crippen LogP contribution in [-0.4, -0.2) is 27.3 Å². The predicted molar refractivity (Wildman–Crippen MR) is 109 cm³/mol. The van der Waals surface area contributed by atoms with Crippen molar-refractivity contribution < 1.29 is 4.79 Å². The lowest BCUT2D eigenvalue weighted by Gasteiger charge is -2.36. The second-order valence-electron chi connectivity index (χ2n) is 7.79. The molecule has 4 nitrogen and oxygen atoms in total. The standard InChI is InChI=1S/C23H27N3O/c1-15-11-16(2)23-20(12-15)19(17(3)25-23)13-22(27)26-10-5-4-8-21(26)18-7-6-9-24-14-18/h6-7,9,11-12,14,21,25H,4-5,8,10,13H2,1-3H3/t21-/m0/s1. The summed E-state index contributed by atoms with van der Waals surface area (Å²) < 4.78 is 0. The van der Waals surface area contributed by atoms with E-state index in [0.717, 1.165) is 48.1 Å². The molecule has 1 aliphatic rings. The summed E-state index contributed by atoms with van der Waals surface area (Å²) >= 11 is 0. The molecule has 0 spiro atoms. The maximum Gasteiger partial charge on any atom is 0.227 e. The summed E-state index contributed by atoms with van der Waals surface area (Å²) in [5, 5.41) is 1.19. The Hall–Kier alpha value is -2.62. The molecule has 0 aliphatic carbocycles. The normalized spacial score (nSPS) is 17.4. The van der Waals surface area contributed by atoms with Crippen LogP contribution in [0.5, 0.6) is 0 Å². The summed E-state index contributed by atoms with van der Waals surface area (Å²) in [7, 11) is 0. The van der Waals surface area contributed by atoms with Gasteiger partial charge in [0.05, 0.1) is 12.5 Å². The van der Waals surface area contributed by atoms with E-state index in [1.54, 1.807) is 6.20 Å². The van der Waals surface area contributed by atoms with Crippen molar-refractivity contribution in [1.29, 1.82) is 0 Å². The maximum atomic E-state index is 13.3. The van der Waals surface area contributed by atoms with Crippen molar-refractivity contribution >= 4 is 16.8 Å². The third-order valence-electron chi connectivity index (χ3n) is 5.79. The molecule has 1 N–H and O–H groups in total. The largest absolute Gasteiger partial charge is 0.358 e. The van der Waals surface area contributed by atoms with E-state index in [0.29, 0.717) is 6.42 Å². The minimum atomic E-state index is 0.147. The third-order valence-corrected chi connectivity index (χ3v) is 5.79. The smallest absolute Gasteiger partial charge is 0.227 e. The van der Waals surface area contributed by atoms with Crippen LogP contribution >= 0.6 is 0 Å². The number of fused-ring (bicyclic) bond motifs is 1. The molecule has 140 valence electrons. The van der Waals surface area contributed by atoms with Crippen molar-refractivity contribution in [2.75, 3.05) is 6.54 Å². The van der Waals surface area contributed by atoms with Gasteiger partial charge in [0.25, 0.3) is 0 Å². The highest BCUT2D eigenvalue weighted by Crippen LogP contribution is 2.32. The molecular weight excluding hydrogens is 334 g/mol. The maximum absolute atomic E-state index is 13.3. The number of carbonyl (C=O) groups is 1. The molecule has 4 heteroatoms. The lowest BCUT2D eigenvalue weighted by Crippen LogP contribution is -2.39. The van der Waals surface area contributed by atoms with E-state index in [1.165, 1.54) is 16.5 Å². The van der Waals surface area contributed by atoms with Gasteiger partial charge in [-0.2, -0.15) is 0 Å². The number of rotatable bonds is 3. The number of aryl methyl sites for hydroxylation is 3. The molecule has 4 rings (SSSR count). The summed E-state index contributed by atoms with van der Waals surface area (Å²) in [6, 6.07) is 8.58. The summed E-state index contributed by atoms with van der Waals surface area (Å²) in [4.78, 5) is 23.1. The summed E-state index contributed by atoms with van der Waals surface area (Å²) in [5.41, 5.74) is 7.01. The minimum Gasteiger partial charge on any atom is -0.358 e. The van der Waals surface area contributed by atoms with E-state index >= 15 is 0 Å². The van der Waals surface area contributed by atoms with E-state index in [-0.39, 0.29) is 11.9 Å². The minimum absolute atomic E-state index is 0.147. The molecule has 1 aliphatic heterocycles. The first-order valence-corrected chi connectivity index (χ1v) is 9.82. The molecule has 0 unspecified atom stereocenters.